The summed E-state index contributed by atoms with van der Waals surface area (Å²) >= 11 is 3.17. The lowest BCUT2D eigenvalue weighted by Crippen LogP contribution is -1.83. The maximum absolute atomic E-state index is 8.54. The zero-order valence-corrected chi connectivity index (χ0v) is 7.01. The van der Waals surface area contributed by atoms with Gasteiger partial charge >= 0.3 is 0 Å². The number of nitriles is 1. The summed E-state index contributed by atoms with van der Waals surface area (Å²) in [4.78, 5) is 3.95. The summed E-state index contributed by atoms with van der Waals surface area (Å²) in [5.41, 5.74) is 1.58. The van der Waals surface area contributed by atoms with Crippen molar-refractivity contribution >= 4 is 15.9 Å². The molecule has 0 aliphatic carbocycles. The Balaban J connectivity index is 3.25. The van der Waals surface area contributed by atoms with E-state index in [0.717, 1.165) is 5.56 Å². The molecule has 3 heteroatoms. The molecule has 0 aromatic carbocycles. The summed E-state index contributed by atoms with van der Waals surface area (Å²) in [6, 6.07) is 3.77. The Hall–Kier alpha value is -0.880. The summed E-state index contributed by atoms with van der Waals surface area (Å²) < 4.78 is 0.703. The van der Waals surface area contributed by atoms with E-state index in [1.807, 2.05) is 6.92 Å². The summed E-state index contributed by atoms with van der Waals surface area (Å²) in [6.07, 6.45) is 1.67. The molecule has 0 N–H and O–H groups in total. The van der Waals surface area contributed by atoms with Crippen LogP contribution in [0.3, 0.4) is 0 Å². The minimum Gasteiger partial charge on any atom is -0.249 e. The Kier molecular flexibility index (Phi) is 2.03. The summed E-state index contributed by atoms with van der Waals surface area (Å²) in [7, 11) is 0. The average Bonchev–Trinajstić information content (AvgIpc) is 1.94. The van der Waals surface area contributed by atoms with Gasteiger partial charge in [0.25, 0.3) is 0 Å². The first-order valence-corrected chi connectivity index (χ1v) is 3.55. The van der Waals surface area contributed by atoms with E-state index < -0.39 is 0 Å². The first-order valence-electron chi connectivity index (χ1n) is 2.76. The van der Waals surface area contributed by atoms with Crippen molar-refractivity contribution < 1.29 is 0 Å². The van der Waals surface area contributed by atoms with Crippen molar-refractivity contribution in [2.45, 2.75) is 6.92 Å². The number of aryl methyl sites for hydroxylation is 1. The number of halogens is 1. The molecule has 0 amide bonds. The SMILES string of the molecule is Cc1cnc(Br)cc1C#N. The van der Waals surface area contributed by atoms with E-state index in [-0.39, 0.29) is 0 Å². The highest BCUT2D eigenvalue weighted by Gasteiger charge is 1.96. The number of aromatic nitrogens is 1. The van der Waals surface area contributed by atoms with Gasteiger partial charge in [-0.15, -0.1) is 0 Å². The molecule has 0 atom stereocenters. The molecule has 0 saturated carbocycles. The van der Waals surface area contributed by atoms with Crippen LogP contribution in [0.1, 0.15) is 11.1 Å². The fourth-order valence-corrected chi connectivity index (χ4v) is 0.950. The van der Waals surface area contributed by atoms with E-state index in [2.05, 4.69) is 27.0 Å². The van der Waals surface area contributed by atoms with Crippen molar-refractivity contribution in [1.29, 1.82) is 5.26 Å². The highest BCUT2D eigenvalue weighted by Crippen LogP contribution is 2.10. The van der Waals surface area contributed by atoms with Gasteiger partial charge in [-0.05, 0) is 34.5 Å². The number of pyridine rings is 1. The van der Waals surface area contributed by atoms with Gasteiger partial charge in [0.05, 0.1) is 11.6 Å². The van der Waals surface area contributed by atoms with Crippen molar-refractivity contribution in [2.24, 2.45) is 0 Å². The third kappa shape index (κ3) is 1.34. The summed E-state index contributed by atoms with van der Waals surface area (Å²) in [5.74, 6) is 0. The molecule has 50 valence electrons. The van der Waals surface area contributed by atoms with Gasteiger partial charge in [0, 0.05) is 6.20 Å². The lowest BCUT2D eigenvalue weighted by molar-refractivity contribution is 1.21. The molecule has 2 nitrogen and oxygen atoms in total. The van der Waals surface area contributed by atoms with Crippen LogP contribution in [0.25, 0.3) is 0 Å². The molecule has 0 saturated heterocycles. The van der Waals surface area contributed by atoms with Gasteiger partial charge in [-0.3, -0.25) is 0 Å². The standard InChI is InChI=1S/C7H5BrN2/c1-5-4-10-7(8)2-6(5)3-9/h2,4H,1H3. The van der Waals surface area contributed by atoms with Crippen LogP contribution in [0.4, 0.5) is 0 Å². The van der Waals surface area contributed by atoms with Crippen molar-refractivity contribution in [2.75, 3.05) is 0 Å². The highest BCUT2D eigenvalue weighted by atomic mass is 79.9. The zero-order valence-electron chi connectivity index (χ0n) is 5.43. The van der Waals surface area contributed by atoms with Crippen molar-refractivity contribution in [1.82, 2.24) is 4.98 Å². The molecule has 0 bridgehead atoms. The fourth-order valence-electron chi connectivity index (χ4n) is 0.619. The summed E-state index contributed by atoms with van der Waals surface area (Å²) in [6.45, 7) is 1.86. The molecule has 1 heterocycles. The second kappa shape index (κ2) is 2.80. The second-order valence-electron chi connectivity index (χ2n) is 1.93. The van der Waals surface area contributed by atoms with Gasteiger partial charge in [-0.2, -0.15) is 5.26 Å². The molecule has 1 aromatic heterocycles. The van der Waals surface area contributed by atoms with E-state index in [0.29, 0.717) is 10.2 Å². The van der Waals surface area contributed by atoms with Crippen molar-refractivity contribution in [3.63, 3.8) is 0 Å². The average molecular weight is 197 g/mol. The molecule has 10 heavy (non-hydrogen) atoms. The van der Waals surface area contributed by atoms with Crippen molar-refractivity contribution in [3.8, 4) is 6.07 Å². The molecule has 0 aliphatic rings. The number of hydrogen-bond acceptors (Lipinski definition) is 2. The molecule has 0 aliphatic heterocycles. The Bertz CT molecular complexity index is 288. The number of hydrogen-bond donors (Lipinski definition) is 0. The zero-order chi connectivity index (χ0) is 7.56. The van der Waals surface area contributed by atoms with E-state index >= 15 is 0 Å². The Morgan fingerprint density at radius 3 is 2.90 bits per heavy atom. The lowest BCUT2D eigenvalue weighted by atomic mass is 10.2. The normalized spacial score (nSPS) is 8.90. The first kappa shape index (κ1) is 7.23. The van der Waals surface area contributed by atoms with Gasteiger partial charge in [0.2, 0.25) is 0 Å². The van der Waals surface area contributed by atoms with Crippen LogP contribution < -0.4 is 0 Å². The van der Waals surface area contributed by atoms with Gasteiger partial charge < -0.3 is 0 Å². The quantitative estimate of drug-likeness (QED) is 0.596. The van der Waals surface area contributed by atoms with Crippen LogP contribution in [0.2, 0.25) is 0 Å². The van der Waals surface area contributed by atoms with Gasteiger partial charge in [-0.25, -0.2) is 4.98 Å². The predicted octanol–water partition coefficient (Wildman–Crippen LogP) is 2.02. The van der Waals surface area contributed by atoms with Crippen LogP contribution >= 0.6 is 15.9 Å². The van der Waals surface area contributed by atoms with Crippen LogP contribution in [0.5, 0.6) is 0 Å². The lowest BCUT2D eigenvalue weighted by Gasteiger charge is -1.94. The van der Waals surface area contributed by atoms with Crippen LogP contribution in [0, 0.1) is 18.3 Å². The highest BCUT2D eigenvalue weighted by molar-refractivity contribution is 9.10. The smallest absolute Gasteiger partial charge is 0.107 e. The Morgan fingerprint density at radius 2 is 2.40 bits per heavy atom. The fraction of sp³-hybridized carbons (Fsp3) is 0.143. The molecule has 0 unspecified atom stereocenters. The maximum atomic E-state index is 8.54. The molecule has 0 spiro atoms. The molecule has 0 radical (unpaired) electrons. The predicted molar refractivity (Wildman–Crippen MR) is 41.4 cm³/mol. The van der Waals surface area contributed by atoms with E-state index in [1.165, 1.54) is 0 Å². The molecule has 0 fully saturated rings. The topological polar surface area (TPSA) is 36.7 Å². The van der Waals surface area contributed by atoms with E-state index in [4.69, 9.17) is 5.26 Å². The monoisotopic (exact) mass is 196 g/mol. The van der Waals surface area contributed by atoms with Gasteiger partial charge in [0.15, 0.2) is 0 Å². The Labute approximate surface area is 67.6 Å². The third-order valence-electron chi connectivity index (χ3n) is 1.19. The maximum Gasteiger partial charge on any atom is 0.107 e. The van der Waals surface area contributed by atoms with Crippen LogP contribution in [-0.2, 0) is 0 Å². The van der Waals surface area contributed by atoms with E-state index in [1.54, 1.807) is 12.3 Å². The third-order valence-corrected chi connectivity index (χ3v) is 1.62. The minimum absolute atomic E-state index is 0.668. The molecule has 1 aromatic rings. The second-order valence-corrected chi connectivity index (χ2v) is 2.75. The molecule has 1 rings (SSSR count). The molecular weight excluding hydrogens is 192 g/mol. The van der Waals surface area contributed by atoms with Gasteiger partial charge in [0.1, 0.15) is 4.60 Å². The summed E-state index contributed by atoms with van der Waals surface area (Å²) in [5, 5.41) is 8.54. The largest absolute Gasteiger partial charge is 0.249 e. The molecular formula is C7H5BrN2. The van der Waals surface area contributed by atoms with Crippen LogP contribution in [-0.4, -0.2) is 4.98 Å². The van der Waals surface area contributed by atoms with Crippen molar-refractivity contribution in [3.05, 3.63) is 28.0 Å². The number of rotatable bonds is 0. The minimum atomic E-state index is 0.668. The van der Waals surface area contributed by atoms with Gasteiger partial charge in [-0.1, -0.05) is 0 Å². The Morgan fingerprint density at radius 1 is 1.70 bits per heavy atom. The van der Waals surface area contributed by atoms with E-state index in [9.17, 15) is 0 Å². The number of nitrogens with zero attached hydrogens (tertiary/aromatic N) is 2. The van der Waals surface area contributed by atoms with Crippen LogP contribution in [0.15, 0.2) is 16.9 Å². The first-order chi connectivity index (χ1) is 4.74.